The molecule has 5 nitrogen and oxygen atoms in total. The van der Waals surface area contributed by atoms with E-state index in [0.717, 1.165) is 16.7 Å². The van der Waals surface area contributed by atoms with Gasteiger partial charge >= 0.3 is 0 Å². The third-order valence-electron chi connectivity index (χ3n) is 3.79. The highest BCUT2D eigenvalue weighted by Crippen LogP contribution is 2.28. The van der Waals surface area contributed by atoms with Crippen molar-refractivity contribution in [2.24, 2.45) is 0 Å². The summed E-state index contributed by atoms with van der Waals surface area (Å²) in [6, 6.07) is 13.4. The van der Waals surface area contributed by atoms with E-state index in [4.69, 9.17) is 14.2 Å². The van der Waals surface area contributed by atoms with E-state index in [-0.39, 0.29) is 5.91 Å². The second kappa shape index (κ2) is 10.3. The van der Waals surface area contributed by atoms with Crippen molar-refractivity contribution in [2.45, 2.75) is 20.1 Å². The first-order valence-electron chi connectivity index (χ1n) is 8.50. The molecule has 1 N–H and O–H groups in total. The minimum absolute atomic E-state index is 0.162. The van der Waals surface area contributed by atoms with E-state index < -0.39 is 0 Å². The Balaban J connectivity index is 1.97. The molecular weight excluding hydrogens is 330 g/mol. The van der Waals surface area contributed by atoms with Gasteiger partial charge in [-0.3, -0.25) is 4.79 Å². The maximum absolute atomic E-state index is 12.1. The Hall–Kier alpha value is -2.79. The number of methoxy groups -OCH3 is 2. The molecule has 0 aliphatic rings. The van der Waals surface area contributed by atoms with Crippen LogP contribution < -0.4 is 14.8 Å². The molecule has 0 bridgehead atoms. The Morgan fingerprint density at radius 1 is 1.08 bits per heavy atom. The highest BCUT2D eigenvalue weighted by molar-refractivity contribution is 5.91. The van der Waals surface area contributed by atoms with Crippen LogP contribution >= 0.6 is 0 Å². The van der Waals surface area contributed by atoms with Crippen LogP contribution in [-0.2, 0) is 22.7 Å². The first-order chi connectivity index (χ1) is 12.7. The summed E-state index contributed by atoms with van der Waals surface area (Å²) < 4.78 is 16.0. The van der Waals surface area contributed by atoms with Crippen LogP contribution in [0.1, 0.15) is 23.6 Å². The van der Waals surface area contributed by atoms with Gasteiger partial charge < -0.3 is 19.5 Å². The minimum atomic E-state index is -0.162. The summed E-state index contributed by atoms with van der Waals surface area (Å²) in [6.07, 6.45) is 3.25. The summed E-state index contributed by atoms with van der Waals surface area (Å²) in [4.78, 5) is 12.1. The highest BCUT2D eigenvalue weighted by atomic mass is 16.5. The van der Waals surface area contributed by atoms with E-state index in [2.05, 4.69) is 5.32 Å². The predicted molar refractivity (Wildman–Crippen MR) is 102 cm³/mol. The molecule has 0 aromatic heterocycles. The molecule has 0 saturated carbocycles. The fourth-order valence-corrected chi connectivity index (χ4v) is 2.50. The van der Waals surface area contributed by atoms with Crippen molar-refractivity contribution in [2.75, 3.05) is 20.8 Å². The molecule has 1 amide bonds. The summed E-state index contributed by atoms with van der Waals surface area (Å²) in [5.74, 6) is 1.17. The van der Waals surface area contributed by atoms with Crippen LogP contribution in [0.2, 0.25) is 0 Å². The number of hydrogen-bond acceptors (Lipinski definition) is 4. The lowest BCUT2D eigenvalue weighted by atomic mass is 10.1. The molecule has 2 aromatic rings. The fraction of sp³-hybridized carbons (Fsp3) is 0.286. The molecule has 138 valence electrons. The molecule has 0 heterocycles. The topological polar surface area (TPSA) is 56.8 Å². The smallest absolute Gasteiger partial charge is 0.244 e. The van der Waals surface area contributed by atoms with Crippen LogP contribution in [0.3, 0.4) is 0 Å². The van der Waals surface area contributed by atoms with Gasteiger partial charge in [-0.15, -0.1) is 0 Å². The van der Waals surface area contributed by atoms with E-state index in [1.807, 2.05) is 49.4 Å². The normalized spacial score (nSPS) is 10.7. The van der Waals surface area contributed by atoms with E-state index in [1.54, 1.807) is 20.3 Å². The van der Waals surface area contributed by atoms with Crippen LogP contribution in [0.15, 0.2) is 48.5 Å². The Morgan fingerprint density at radius 2 is 1.85 bits per heavy atom. The van der Waals surface area contributed by atoms with E-state index in [9.17, 15) is 4.79 Å². The summed E-state index contributed by atoms with van der Waals surface area (Å²) >= 11 is 0. The molecule has 0 aliphatic carbocycles. The zero-order valence-electron chi connectivity index (χ0n) is 15.5. The van der Waals surface area contributed by atoms with Crippen LogP contribution in [0.5, 0.6) is 11.5 Å². The van der Waals surface area contributed by atoms with Crippen LogP contribution in [0.4, 0.5) is 0 Å². The highest BCUT2D eigenvalue weighted by Gasteiger charge is 2.05. The molecule has 0 spiro atoms. The SMILES string of the molecule is CCOc1ccc(/C=C/C(=O)NCc2ccccc2COC)cc1OC. The standard InChI is InChI=1S/C21H25NO4/c1-4-26-19-11-9-16(13-20(19)25-3)10-12-21(23)22-14-17-7-5-6-8-18(17)15-24-2/h5-13H,4,14-15H2,1-3H3,(H,22,23)/b12-10+. The second-order valence-electron chi connectivity index (χ2n) is 5.60. The Bertz CT molecular complexity index is 755. The molecule has 2 aromatic carbocycles. The van der Waals surface area contributed by atoms with Crippen LogP contribution in [-0.4, -0.2) is 26.7 Å². The number of ether oxygens (including phenoxy) is 3. The first kappa shape index (κ1) is 19.5. The number of carbonyl (C=O) groups is 1. The van der Waals surface area contributed by atoms with Gasteiger partial charge in [-0.2, -0.15) is 0 Å². The molecule has 0 aliphatic heterocycles. The summed E-state index contributed by atoms with van der Waals surface area (Å²) in [5, 5.41) is 2.89. The van der Waals surface area contributed by atoms with Gasteiger partial charge in [-0.1, -0.05) is 30.3 Å². The first-order valence-corrected chi connectivity index (χ1v) is 8.50. The molecule has 0 radical (unpaired) electrons. The molecule has 0 fully saturated rings. The molecule has 26 heavy (non-hydrogen) atoms. The average Bonchev–Trinajstić information content (AvgIpc) is 2.67. The van der Waals surface area contributed by atoms with Crippen molar-refractivity contribution in [3.8, 4) is 11.5 Å². The van der Waals surface area contributed by atoms with Crippen molar-refractivity contribution < 1.29 is 19.0 Å². The lowest BCUT2D eigenvalue weighted by Crippen LogP contribution is -2.21. The maximum Gasteiger partial charge on any atom is 0.244 e. The average molecular weight is 355 g/mol. The summed E-state index contributed by atoms with van der Waals surface area (Å²) in [5.41, 5.74) is 2.97. The third kappa shape index (κ3) is 5.63. The number of rotatable bonds is 9. The Morgan fingerprint density at radius 3 is 2.54 bits per heavy atom. The number of amides is 1. The van der Waals surface area contributed by atoms with Gasteiger partial charge in [0.05, 0.1) is 20.3 Å². The summed E-state index contributed by atoms with van der Waals surface area (Å²) in [6.45, 7) is 3.46. The lowest BCUT2D eigenvalue weighted by Gasteiger charge is -2.10. The summed E-state index contributed by atoms with van der Waals surface area (Å²) in [7, 11) is 3.25. The fourth-order valence-electron chi connectivity index (χ4n) is 2.50. The van der Waals surface area contributed by atoms with Crippen LogP contribution in [0, 0.1) is 0 Å². The number of nitrogens with one attached hydrogen (secondary N) is 1. The number of benzene rings is 2. The van der Waals surface area contributed by atoms with Crippen molar-refractivity contribution in [3.63, 3.8) is 0 Å². The zero-order valence-corrected chi connectivity index (χ0v) is 15.5. The van der Waals surface area contributed by atoms with Gasteiger partial charge in [0.25, 0.3) is 0 Å². The van der Waals surface area contributed by atoms with Gasteiger partial charge in [-0.05, 0) is 41.8 Å². The monoisotopic (exact) mass is 355 g/mol. The van der Waals surface area contributed by atoms with Crippen molar-refractivity contribution in [3.05, 3.63) is 65.2 Å². The predicted octanol–water partition coefficient (Wildman–Crippen LogP) is 3.57. The largest absolute Gasteiger partial charge is 0.493 e. The molecule has 2 rings (SSSR count). The van der Waals surface area contributed by atoms with E-state index in [0.29, 0.717) is 31.3 Å². The molecule has 5 heteroatoms. The van der Waals surface area contributed by atoms with Crippen molar-refractivity contribution in [1.82, 2.24) is 5.32 Å². The number of hydrogen-bond donors (Lipinski definition) is 1. The zero-order chi connectivity index (χ0) is 18.8. The maximum atomic E-state index is 12.1. The van der Waals surface area contributed by atoms with Gasteiger partial charge in [0.1, 0.15) is 0 Å². The second-order valence-corrected chi connectivity index (χ2v) is 5.60. The minimum Gasteiger partial charge on any atom is -0.493 e. The number of carbonyl (C=O) groups excluding carboxylic acids is 1. The van der Waals surface area contributed by atoms with Crippen molar-refractivity contribution in [1.29, 1.82) is 0 Å². The Labute approximate surface area is 154 Å². The Kier molecular flexibility index (Phi) is 7.71. The van der Waals surface area contributed by atoms with E-state index >= 15 is 0 Å². The van der Waals surface area contributed by atoms with Crippen molar-refractivity contribution >= 4 is 12.0 Å². The van der Waals surface area contributed by atoms with Gasteiger partial charge in [0.15, 0.2) is 11.5 Å². The third-order valence-corrected chi connectivity index (χ3v) is 3.79. The van der Waals surface area contributed by atoms with E-state index in [1.165, 1.54) is 6.08 Å². The van der Waals surface area contributed by atoms with Crippen LogP contribution in [0.25, 0.3) is 6.08 Å². The molecule has 0 unspecified atom stereocenters. The quantitative estimate of drug-likeness (QED) is 0.699. The van der Waals surface area contributed by atoms with Gasteiger partial charge in [-0.25, -0.2) is 0 Å². The lowest BCUT2D eigenvalue weighted by molar-refractivity contribution is -0.116. The molecular formula is C21H25NO4. The van der Waals surface area contributed by atoms with Gasteiger partial charge in [0.2, 0.25) is 5.91 Å². The van der Waals surface area contributed by atoms with Gasteiger partial charge in [0, 0.05) is 19.7 Å². The molecule has 0 atom stereocenters. The molecule has 0 saturated heterocycles.